The van der Waals surface area contributed by atoms with E-state index in [1.54, 1.807) is 0 Å². The number of hydrogen-bond donors (Lipinski definition) is 2. The second-order valence-electron chi connectivity index (χ2n) is 19.2. The molecule has 0 bridgehead atoms. The molecule has 1 saturated heterocycles. The van der Waals surface area contributed by atoms with Gasteiger partial charge in [-0.3, -0.25) is 4.90 Å². The van der Waals surface area contributed by atoms with Crippen molar-refractivity contribution in [1.29, 1.82) is 0 Å². The minimum absolute atomic E-state index is 0.144. The van der Waals surface area contributed by atoms with Crippen molar-refractivity contribution in [3.05, 3.63) is 249 Å². The molecule has 7 aromatic carbocycles. The van der Waals surface area contributed by atoms with E-state index in [-0.39, 0.29) is 11.6 Å². The molecule has 6 unspecified atom stereocenters. The number of benzene rings is 7. The van der Waals surface area contributed by atoms with Gasteiger partial charge in [-0.2, -0.15) is 0 Å². The number of nitrogens with two attached hydrogens (primary N) is 1. The van der Waals surface area contributed by atoms with E-state index in [9.17, 15) is 0 Å². The summed E-state index contributed by atoms with van der Waals surface area (Å²) in [5.74, 6) is 1.00. The molecule has 3 heterocycles. The second kappa shape index (κ2) is 14.4. The first-order valence-electron chi connectivity index (χ1n) is 23.4. The molecule has 3 N–H and O–H groups in total. The molecule has 314 valence electrons. The lowest BCUT2D eigenvalue weighted by molar-refractivity contribution is -0.800. The van der Waals surface area contributed by atoms with Crippen LogP contribution in [0.2, 0.25) is 0 Å². The van der Waals surface area contributed by atoms with Gasteiger partial charge in [-0.1, -0.05) is 190 Å². The van der Waals surface area contributed by atoms with Gasteiger partial charge in [-0.25, -0.2) is 4.99 Å². The number of quaternary nitrogens is 1. The van der Waals surface area contributed by atoms with Gasteiger partial charge in [-0.05, 0) is 93.1 Å². The van der Waals surface area contributed by atoms with Gasteiger partial charge in [0.25, 0.3) is 0 Å². The van der Waals surface area contributed by atoms with Gasteiger partial charge in [0, 0.05) is 32.7 Å². The van der Waals surface area contributed by atoms with Crippen LogP contribution in [0.4, 0.5) is 0 Å². The molecule has 1 aromatic heterocycles. The van der Waals surface area contributed by atoms with Gasteiger partial charge in [0.1, 0.15) is 12.4 Å². The zero-order valence-electron chi connectivity index (χ0n) is 36.9. The summed E-state index contributed by atoms with van der Waals surface area (Å²) in [7, 11) is 0. The van der Waals surface area contributed by atoms with Crippen LogP contribution in [0.1, 0.15) is 71.7 Å². The number of para-hydroxylation sites is 2. The van der Waals surface area contributed by atoms with Crippen LogP contribution < -0.4 is 21.2 Å². The third-order valence-electron chi connectivity index (χ3n) is 15.5. The molecule has 8 aromatic rings. The summed E-state index contributed by atoms with van der Waals surface area (Å²) < 4.78 is 2.57. The summed E-state index contributed by atoms with van der Waals surface area (Å²) >= 11 is 0. The summed E-state index contributed by atoms with van der Waals surface area (Å²) in [6, 6.07) is 67.6. The Labute approximate surface area is 380 Å². The molecule has 65 heavy (non-hydrogen) atoms. The van der Waals surface area contributed by atoms with Crippen molar-refractivity contribution >= 4 is 34.0 Å². The Bertz CT molecular complexity index is 3470. The molecular formula is C61H51N4+. The topological polar surface area (TPSA) is 47.7 Å². The molecule has 1 fully saturated rings. The highest BCUT2D eigenvalue weighted by Crippen LogP contribution is 2.61. The maximum absolute atomic E-state index is 7.46. The zero-order valence-corrected chi connectivity index (χ0v) is 36.9. The van der Waals surface area contributed by atoms with Crippen molar-refractivity contribution in [3.8, 4) is 16.8 Å². The van der Waals surface area contributed by atoms with E-state index in [1.165, 1.54) is 93.3 Å². The van der Waals surface area contributed by atoms with Crippen LogP contribution in [-0.2, 0) is 10.8 Å². The van der Waals surface area contributed by atoms with Crippen molar-refractivity contribution in [2.75, 3.05) is 6.54 Å². The number of nitrogens with one attached hydrogen (secondary N) is 1. The minimum atomic E-state index is -0.569. The van der Waals surface area contributed by atoms with Gasteiger partial charge < -0.3 is 10.3 Å². The summed E-state index contributed by atoms with van der Waals surface area (Å²) in [4.78, 5) is 7.07. The van der Waals surface area contributed by atoms with Crippen molar-refractivity contribution in [3.63, 3.8) is 0 Å². The van der Waals surface area contributed by atoms with Crippen molar-refractivity contribution in [2.45, 2.75) is 49.7 Å². The van der Waals surface area contributed by atoms with E-state index in [4.69, 9.17) is 10.7 Å². The molecule has 13 rings (SSSR count). The molecule has 6 atom stereocenters. The molecule has 5 aliphatic rings. The maximum Gasteiger partial charge on any atom is 0.210 e. The standard InChI is InChI=1S/C61H50N4/c1-39-30-31-43(34-48(39)40-18-6-3-7-19-40)59(64-38-56(64)41-20-8-4-9-21-41)63-58(62)42-32-33-46-45-24-12-14-26-50(45)61(52(46)35-42)51-27-15-17-29-55(51)65-54-28-16-13-25-47(54)49-36-60(2,37-53(61)57(49)65)44-22-10-5-11-23-44/h3-29,31-36,39,56,59H,30,37-38H2,1-2H3,(H2,62,63)/p+1. The van der Waals surface area contributed by atoms with Crippen LogP contribution >= 0.6 is 0 Å². The van der Waals surface area contributed by atoms with E-state index in [0.717, 1.165) is 24.9 Å². The Morgan fingerprint density at radius 3 is 2.22 bits per heavy atom. The first-order valence-corrected chi connectivity index (χ1v) is 23.4. The van der Waals surface area contributed by atoms with Crippen molar-refractivity contribution < 1.29 is 4.90 Å². The SMILES string of the molecule is CC1CC=C(C(/N=C(\N)c2ccc3c(c2)C2(C4=c5c(c6ccccc6n5-c5ccccc52)=CC(C)(c2ccccc2)C4)c2ccccc2-3)[NH+]2CC2c2ccccc2)C=C1c1ccccc1. The fourth-order valence-electron chi connectivity index (χ4n) is 12.4. The molecule has 0 saturated carbocycles. The number of rotatable bonds is 7. The Kier molecular flexibility index (Phi) is 8.45. The Balaban J connectivity index is 1.03. The quantitative estimate of drug-likeness (QED) is 0.0938. The van der Waals surface area contributed by atoms with Crippen LogP contribution in [-0.4, -0.2) is 23.1 Å². The van der Waals surface area contributed by atoms with Crippen molar-refractivity contribution in [2.24, 2.45) is 16.6 Å². The van der Waals surface area contributed by atoms with Gasteiger partial charge in [0.2, 0.25) is 6.17 Å². The number of allylic oxidation sites excluding steroid dienone is 2. The molecule has 4 heteroatoms. The average Bonchev–Trinajstić information content (AvgIpc) is 4.02. The molecule has 1 spiro atoms. The normalized spacial score (nSPS) is 24.0. The zero-order chi connectivity index (χ0) is 43.4. The number of aliphatic imine (C=N–C) groups is 1. The van der Waals surface area contributed by atoms with Crippen LogP contribution in [0.15, 0.2) is 205 Å². The summed E-state index contributed by atoms with van der Waals surface area (Å²) in [5, 5.41) is 3.93. The van der Waals surface area contributed by atoms with Gasteiger partial charge in [0.15, 0.2) is 6.04 Å². The van der Waals surface area contributed by atoms with Gasteiger partial charge >= 0.3 is 0 Å². The molecular weight excluding hydrogens is 789 g/mol. The molecule has 2 aliphatic heterocycles. The number of amidine groups is 1. The number of fused-ring (bicyclic) bond motifs is 12. The van der Waals surface area contributed by atoms with Crippen LogP contribution in [0.5, 0.6) is 0 Å². The van der Waals surface area contributed by atoms with E-state index in [2.05, 4.69) is 219 Å². The molecule has 3 aliphatic carbocycles. The first kappa shape index (κ1) is 38.2. The lowest BCUT2D eigenvalue weighted by Crippen LogP contribution is -2.97. The van der Waals surface area contributed by atoms with Gasteiger partial charge in [0.05, 0.1) is 22.0 Å². The lowest BCUT2D eigenvalue weighted by Gasteiger charge is -2.44. The molecule has 0 radical (unpaired) electrons. The summed E-state index contributed by atoms with van der Waals surface area (Å²) in [5.41, 5.74) is 24.6. The van der Waals surface area contributed by atoms with Crippen LogP contribution in [0.25, 0.3) is 44.9 Å². The maximum atomic E-state index is 7.46. The highest BCUT2D eigenvalue weighted by atomic mass is 15.4. The van der Waals surface area contributed by atoms with Crippen LogP contribution in [0.3, 0.4) is 0 Å². The third-order valence-corrected chi connectivity index (χ3v) is 15.5. The second-order valence-corrected chi connectivity index (χ2v) is 19.2. The largest absolute Gasteiger partial charge is 0.383 e. The van der Waals surface area contributed by atoms with Crippen molar-refractivity contribution in [1.82, 2.24) is 4.57 Å². The number of hydrogen-bond acceptors (Lipinski definition) is 1. The summed E-state index contributed by atoms with van der Waals surface area (Å²) in [6.45, 7) is 5.79. The summed E-state index contributed by atoms with van der Waals surface area (Å²) in [6.07, 6.45) is 9.11. The number of aromatic nitrogens is 1. The fraction of sp³-hybridized carbons (Fsp3) is 0.164. The average molecular weight is 840 g/mol. The monoisotopic (exact) mass is 839 g/mol. The predicted molar refractivity (Wildman–Crippen MR) is 266 cm³/mol. The predicted octanol–water partition coefficient (Wildman–Crippen LogP) is 9.97. The minimum Gasteiger partial charge on any atom is -0.383 e. The first-order chi connectivity index (χ1) is 31.9. The highest BCUT2D eigenvalue weighted by Gasteiger charge is 2.54. The van der Waals surface area contributed by atoms with Crippen LogP contribution in [0, 0.1) is 5.92 Å². The molecule has 0 amide bonds. The Morgan fingerprint density at radius 2 is 1.40 bits per heavy atom. The van der Waals surface area contributed by atoms with E-state index in [1.807, 2.05) is 0 Å². The van der Waals surface area contributed by atoms with E-state index < -0.39 is 5.41 Å². The lowest BCUT2D eigenvalue weighted by atomic mass is 9.60. The van der Waals surface area contributed by atoms with E-state index in [0.29, 0.717) is 17.8 Å². The fourth-order valence-corrected chi connectivity index (χ4v) is 12.4. The molecule has 4 nitrogen and oxygen atoms in total. The Hall–Kier alpha value is -7.27. The third kappa shape index (κ3) is 5.63. The highest BCUT2D eigenvalue weighted by molar-refractivity contribution is 6.02. The Morgan fingerprint density at radius 1 is 0.723 bits per heavy atom. The number of nitrogens with zero attached hydrogens (tertiary/aromatic N) is 2. The van der Waals surface area contributed by atoms with E-state index >= 15 is 0 Å². The smallest absolute Gasteiger partial charge is 0.210 e. The van der Waals surface area contributed by atoms with Gasteiger partial charge in [-0.15, -0.1) is 0 Å².